The molecule has 3 atom stereocenters. The molecule has 0 aromatic heterocycles. The average Bonchev–Trinajstić information content (AvgIpc) is 2.29. The zero-order valence-corrected chi connectivity index (χ0v) is 11.0. The molecule has 1 aliphatic heterocycles. The highest BCUT2D eigenvalue weighted by atomic mass is 16.5. The Morgan fingerprint density at radius 1 is 1.44 bits per heavy atom. The molecule has 0 aromatic rings. The molecule has 1 heterocycles. The molecule has 96 valence electrons. The minimum absolute atomic E-state index is 0.185. The van der Waals surface area contributed by atoms with Crippen LogP contribution in [0.4, 0.5) is 0 Å². The molecule has 1 aliphatic rings. The van der Waals surface area contributed by atoms with Gasteiger partial charge < -0.3 is 14.8 Å². The Hall–Kier alpha value is -0.160. The molecule has 16 heavy (non-hydrogen) atoms. The van der Waals surface area contributed by atoms with E-state index in [4.69, 9.17) is 9.47 Å². The number of nitrogens with one attached hydrogen (secondary N) is 1. The Balaban J connectivity index is 2.46. The fourth-order valence-electron chi connectivity index (χ4n) is 2.30. The molecule has 4 nitrogen and oxygen atoms in total. The SMILES string of the molecule is CCC1CNC(C)CN1CC(COC)OC. The van der Waals surface area contributed by atoms with Gasteiger partial charge in [0.05, 0.1) is 12.7 Å². The number of methoxy groups -OCH3 is 2. The van der Waals surface area contributed by atoms with Gasteiger partial charge in [-0.25, -0.2) is 0 Å². The molecule has 0 aliphatic carbocycles. The Kier molecular flexibility index (Phi) is 6.28. The number of hydrogen-bond acceptors (Lipinski definition) is 4. The highest BCUT2D eigenvalue weighted by Crippen LogP contribution is 2.11. The lowest BCUT2D eigenvalue weighted by Gasteiger charge is -2.40. The van der Waals surface area contributed by atoms with Gasteiger partial charge in [0.15, 0.2) is 0 Å². The molecule has 0 bridgehead atoms. The number of ether oxygens (including phenoxy) is 2. The summed E-state index contributed by atoms with van der Waals surface area (Å²) in [6.07, 6.45) is 1.37. The summed E-state index contributed by atoms with van der Waals surface area (Å²) in [4.78, 5) is 2.52. The Morgan fingerprint density at radius 2 is 2.19 bits per heavy atom. The summed E-state index contributed by atoms with van der Waals surface area (Å²) in [6.45, 7) is 8.30. The van der Waals surface area contributed by atoms with Crippen molar-refractivity contribution >= 4 is 0 Å². The third kappa shape index (κ3) is 4.01. The normalized spacial score (nSPS) is 29.2. The molecule has 4 heteroatoms. The largest absolute Gasteiger partial charge is 0.382 e. The monoisotopic (exact) mass is 230 g/mol. The third-order valence-electron chi connectivity index (χ3n) is 3.32. The van der Waals surface area contributed by atoms with Gasteiger partial charge in [0.25, 0.3) is 0 Å². The zero-order chi connectivity index (χ0) is 12.0. The van der Waals surface area contributed by atoms with Gasteiger partial charge in [0, 0.05) is 45.9 Å². The Labute approximate surface area is 99.3 Å². The van der Waals surface area contributed by atoms with Crippen molar-refractivity contribution in [3.63, 3.8) is 0 Å². The Morgan fingerprint density at radius 3 is 2.75 bits per heavy atom. The molecule has 0 saturated carbocycles. The van der Waals surface area contributed by atoms with Crippen LogP contribution in [-0.4, -0.2) is 63.5 Å². The fourth-order valence-corrected chi connectivity index (χ4v) is 2.30. The first kappa shape index (κ1) is 13.9. The van der Waals surface area contributed by atoms with Crippen LogP contribution in [0.2, 0.25) is 0 Å². The van der Waals surface area contributed by atoms with E-state index in [1.165, 1.54) is 6.42 Å². The first-order chi connectivity index (χ1) is 7.71. The van der Waals surface area contributed by atoms with Gasteiger partial charge in [0.2, 0.25) is 0 Å². The van der Waals surface area contributed by atoms with E-state index < -0.39 is 0 Å². The molecule has 0 aromatic carbocycles. The lowest BCUT2D eigenvalue weighted by Crippen LogP contribution is -2.57. The summed E-state index contributed by atoms with van der Waals surface area (Å²) < 4.78 is 10.6. The summed E-state index contributed by atoms with van der Waals surface area (Å²) in [5.74, 6) is 0. The second-order valence-corrected chi connectivity index (χ2v) is 4.64. The highest BCUT2D eigenvalue weighted by molar-refractivity contribution is 4.84. The van der Waals surface area contributed by atoms with Crippen molar-refractivity contribution in [2.24, 2.45) is 0 Å². The van der Waals surface area contributed by atoms with E-state index in [-0.39, 0.29) is 6.10 Å². The van der Waals surface area contributed by atoms with E-state index in [1.807, 2.05) is 0 Å². The second kappa shape index (κ2) is 7.22. The van der Waals surface area contributed by atoms with Crippen LogP contribution in [0.3, 0.4) is 0 Å². The first-order valence-electron chi connectivity index (χ1n) is 6.20. The average molecular weight is 230 g/mol. The van der Waals surface area contributed by atoms with Crippen LogP contribution in [0, 0.1) is 0 Å². The van der Waals surface area contributed by atoms with Crippen molar-refractivity contribution in [2.75, 3.05) is 40.5 Å². The summed E-state index contributed by atoms with van der Waals surface area (Å²) in [6, 6.07) is 1.20. The fraction of sp³-hybridized carbons (Fsp3) is 1.00. The molecule has 1 N–H and O–H groups in total. The zero-order valence-electron chi connectivity index (χ0n) is 11.0. The molecule has 3 unspecified atom stereocenters. The van der Waals surface area contributed by atoms with Crippen molar-refractivity contribution in [1.82, 2.24) is 10.2 Å². The summed E-state index contributed by atoms with van der Waals surface area (Å²) in [5, 5.41) is 3.52. The van der Waals surface area contributed by atoms with E-state index in [0.29, 0.717) is 18.7 Å². The van der Waals surface area contributed by atoms with E-state index >= 15 is 0 Å². The molecule has 1 saturated heterocycles. The van der Waals surface area contributed by atoms with Gasteiger partial charge in [-0.2, -0.15) is 0 Å². The van der Waals surface area contributed by atoms with Gasteiger partial charge in [-0.15, -0.1) is 0 Å². The van der Waals surface area contributed by atoms with Crippen molar-refractivity contribution < 1.29 is 9.47 Å². The first-order valence-corrected chi connectivity index (χ1v) is 6.20. The maximum Gasteiger partial charge on any atom is 0.0931 e. The molecular weight excluding hydrogens is 204 g/mol. The smallest absolute Gasteiger partial charge is 0.0931 e. The van der Waals surface area contributed by atoms with Crippen LogP contribution in [-0.2, 0) is 9.47 Å². The maximum absolute atomic E-state index is 5.43. The Bertz CT molecular complexity index is 190. The number of piperazine rings is 1. The maximum atomic E-state index is 5.43. The van der Waals surface area contributed by atoms with Crippen molar-refractivity contribution in [3.05, 3.63) is 0 Å². The lowest BCUT2D eigenvalue weighted by atomic mass is 10.1. The third-order valence-corrected chi connectivity index (χ3v) is 3.32. The van der Waals surface area contributed by atoms with Crippen LogP contribution in [0.25, 0.3) is 0 Å². The van der Waals surface area contributed by atoms with Crippen molar-refractivity contribution in [2.45, 2.75) is 38.5 Å². The molecule has 1 fully saturated rings. The van der Waals surface area contributed by atoms with Crippen LogP contribution in [0.1, 0.15) is 20.3 Å². The molecule has 0 radical (unpaired) electrons. The quantitative estimate of drug-likeness (QED) is 0.729. The van der Waals surface area contributed by atoms with E-state index in [9.17, 15) is 0 Å². The van der Waals surface area contributed by atoms with Gasteiger partial charge in [-0.1, -0.05) is 6.92 Å². The molecule has 1 rings (SSSR count). The summed E-state index contributed by atoms with van der Waals surface area (Å²) in [7, 11) is 3.49. The van der Waals surface area contributed by atoms with Crippen LogP contribution in [0.5, 0.6) is 0 Å². The molecular formula is C12H26N2O2. The van der Waals surface area contributed by atoms with Crippen LogP contribution < -0.4 is 5.32 Å². The van der Waals surface area contributed by atoms with Gasteiger partial charge in [-0.05, 0) is 13.3 Å². The van der Waals surface area contributed by atoms with Crippen LogP contribution in [0.15, 0.2) is 0 Å². The minimum Gasteiger partial charge on any atom is -0.382 e. The number of hydrogen-bond donors (Lipinski definition) is 1. The topological polar surface area (TPSA) is 33.7 Å². The molecule has 0 amide bonds. The standard InChI is InChI=1S/C12H26N2O2/c1-5-11-6-13-10(2)7-14(11)8-12(16-4)9-15-3/h10-13H,5-9H2,1-4H3. The van der Waals surface area contributed by atoms with Gasteiger partial charge in [0.1, 0.15) is 0 Å². The summed E-state index contributed by atoms with van der Waals surface area (Å²) >= 11 is 0. The van der Waals surface area contributed by atoms with Crippen LogP contribution >= 0.6 is 0 Å². The predicted octanol–water partition coefficient (Wildman–Crippen LogP) is 0.720. The minimum atomic E-state index is 0.185. The number of rotatable bonds is 6. The van der Waals surface area contributed by atoms with E-state index in [2.05, 4.69) is 24.1 Å². The molecule has 0 spiro atoms. The second-order valence-electron chi connectivity index (χ2n) is 4.64. The van der Waals surface area contributed by atoms with Crippen molar-refractivity contribution in [1.29, 1.82) is 0 Å². The number of nitrogens with zero attached hydrogens (tertiary/aromatic N) is 1. The predicted molar refractivity (Wildman–Crippen MR) is 65.8 cm³/mol. The van der Waals surface area contributed by atoms with Gasteiger partial charge in [-0.3, -0.25) is 4.90 Å². The van der Waals surface area contributed by atoms with E-state index in [0.717, 1.165) is 19.6 Å². The lowest BCUT2D eigenvalue weighted by molar-refractivity contribution is -0.0105. The van der Waals surface area contributed by atoms with Crippen molar-refractivity contribution in [3.8, 4) is 0 Å². The van der Waals surface area contributed by atoms with Gasteiger partial charge >= 0.3 is 0 Å². The highest BCUT2D eigenvalue weighted by Gasteiger charge is 2.26. The van der Waals surface area contributed by atoms with E-state index in [1.54, 1.807) is 14.2 Å². The summed E-state index contributed by atoms with van der Waals surface area (Å²) in [5.41, 5.74) is 0.